The number of hydrogen-bond acceptors (Lipinski definition) is 3. The summed E-state index contributed by atoms with van der Waals surface area (Å²) in [5.74, 6) is -0.644. The van der Waals surface area contributed by atoms with E-state index in [1.54, 1.807) is 13.8 Å². The molecule has 2 aromatic rings. The van der Waals surface area contributed by atoms with Gasteiger partial charge in [0.2, 0.25) is 11.8 Å². The lowest BCUT2D eigenvalue weighted by Gasteiger charge is -2.23. The Morgan fingerprint density at radius 2 is 1.52 bits per heavy atom. The quantitative estimate of drug-likeness (QED) is 0.795. The molecule has 0 aliphatic rings. The van der Waals surface area contributed by atoms with E-state index in [-0.39, 0.29) is 11.8 Å². The lowest BCUT2D eigenvalue weighted by Crippen LogP contribution is -2.44. The van der Waals surface area contributed by atoms with E-state index in [1.807, 2.05) is 73.6 Å². The van der Waals surface area contributed by atoms with Crippen LogP contribution in [0.4, 0.5) is 11.4 Å². The Morgan fingerprint density at radius 3 is 2.08 bits per heavy atom. The molecule has 0 bridgehead atoms. The van der Waals surface area contributed by atoms with E-state index in [0.29, 0.717) is 12.2 Å². The predicted molar refractivity (Wildman–Crippen MR) is 101 cm³/mol. The largest absolute Gasteiger partial charge is 0.378 e. The number of anilines is 2. The van der Waals surface area contributed by atoms with Crippen LogP contribution in [-0.4, -0.2) is 25.9 Å². The van der Waals surface area contributed by atoms with Crippen molar-refractivity contribution in [1.82, 2.24) is 5.32 Å². The molecule has 0 unspecified atom stereocenters. The van der Waals surface area contributed by atoms with Gasteiger partial charge in [-0.05, 0) is 43.7 Å². The van der Waals surface area contributed by atoms with Crippen LogP contribution in [0, 0.1) is 5.41 Å². The van der Waals surface area contributed by atoms with Crippen molar-refractivity contribution in [2.24, 2.45) is 5.41 Å². The average molecular weight is 339 g/mol. The minimum atomic E-state index is -1.17. The second-order valence-electron chi connectivity index (χ2n) is 6.69. The SMILES string of the molecule is CN(C)c1ccc(NC(=O)C(C)(C)C(=O)NCc2ccccc2)cc1. The van der Waals surface area contributed by atoms with Crippen molar-refractivity contribution in [3.63, 3.8) is 0 Å². The maximum Gasteiger partial charge on any atom is 0.239 e. The van der Waals surface area contributed by atoms with Crippen LogP contribution in [0.1, 0.15) is 19.4 Å². The third-order valence-corrected chi connectivity index (χ3v) is 4.07. The van der Waals surface area contributed by atoms with Crippen molar-refractivity contribution in [2.75, 3.05) is 24.3 Å². The van der Waals surface area contributed by atoms with Gasteiger partial charge in [-0.15, -0.1) is 0 Å². The molecule has 5 nitrogen and oxygen atoms in total. The van der Waals surface area contributed by atoms with Gasteiger partial charge >= 0.3 is 0 Å². The van der Waals surface area contributed by atoms with Gasteiger partial charge in [-0.25, -0.2) is 0 Å². The summed E-state index contributed by atoms with van der Waals surface area (Å²) in [5.41, 5.74) is 1.53. The van der Waals surface area contributed by atoms with Gasteiger partial charge in [-0.2, -0.15) is 0 Å². The van der Waals surface area contributed by atoms with Crippen LogP contribution < -0.4 is 15.5 Å². The first-order chi connectivity index (χ1) is 11.8. The zero-order valence-electron chi connectivity index (χ0n) is 15.2. The molecule has 0 atom stereocenters. The normalized spacial score (nSPS) is 10.9. The Balaban J connectivity index is 1.97. The molecule has 0 aliphatic carbocycles. The summed E-state index contributed by atoms with van der Waals surface area (Å²) in [6, 6.07) is 17.1. The standard InChI is InChI=1S/C20H25N3O2/c1-20(2,18(24)21-14-15-8-6-5-7-9-15)19(25)22-16-10-12-17(13-11-16)23(3)4/h5-13H,14H2,1-4H3,(H,21,24)(H,22,25). The van der Waals surface area contributed by atoms with Crippen molar-refractivity contribution in [2.45, 2.75) is 20.4 Å². The van der Waals surface area contributed by atoms with Crippen molar-refractivity contribution >= 4 is 23.2 Å². The summed E-state index contributed by atoms with van der Waals surface area (Å²) >= 11 is 0. The fourth-order valence-electron chi connectivity index (χ4n) is 2.23. The maximum atomic E-state index is 12.5. The van der Waals surface area contributed by atoms with Gasteiger partial charge in [0.15, 0.2) is 0 Å². The molecule has 0 radical (unpaired) electrons. The molecule has 0 saturated carbocycles. The first-order valence-electron chi connectivity index (χ1n) is 8.22. The molecule has 25 heavy (non-hydrogen) atoms. The Labute approximate surface area is 149 Å². The van der Waals surface area contributed by atoms with Gasteiger partial charge < -0.3 is 15.5 Å². The summed E-state index contributed by atoms with van der Waals surface area (Å²) in [6.07, 6.45) is 0. The van der Waals surface area contributed by atoms with E-state index < -0.39 is 5.41 Å². The average Bonchev–Trinajstić information content (AvgIpc) is 2.60. The highest BCUT2D eigenvalue weighted by atomic mass is 16.2. The topological polar surface area (TPSA) is 61.4 Å². The fraction of sp³-hybridized carbons (Fsp3) is 0.300. The van der Waals surface area contributed by atoms with Gasteiger partial charge in [0, 0.05) is 32.0 Å². The minimum absolute atomic E-state index is 0.307. The Hall–Kier alpha value is -2.82. The summed E-state index contributed by atoms with van der Waals surface area (Å²) < 4.78 is 0. The molecule has 0 saturated heterocycles. The van der Waals surface area contributed by atoms with Crippen LogP contribution in [0.25, 0.3) is 0 Å². The first kappa shape index (κ1) is 18.5. The summed E-state index contributed by atoms with van der Waals surface area (Å²) in [7, 11) is 3.90. The number of carbonyl (C=O) groups excluding carboxylic acids is 2. The molecule has 2 amide bonds. The second-order valence-corrected chi connectivity index (χ2v) is 6.69. The molecule has 0 spiro atoms. The molecular formula is C20H25N3O2. The molecule has 2 rings (SSSR count). The minimum Gasteiger partial charge on any atom is -0.378 e. The highest BCUT2D eigenvalue weighted by Gasteiger charge is 2.35. The molecule has 2 aromatic carbocycles. The van der Waals surface area contributed by atoms with Crippen molar-refractivity contribution < 1.29 is 9.59 Å². The molecule has 132 valence electrons. The van der Waals surface area contributed by atoms with E-state index >= 15 is 0 Å². The van der Waals surface area contributed by atoms with Crippen molar-refractivity contribution in [3.8, 4) is 0 Å². The molecule has 0 aromatic heterocycles. The Morgan fingerprint density at radius 1 is 0.920 bits per heavy atom. The second kappa shape index (κ2) is 7.83. The molecule has 2 N–H and O–H groups in total. The lowest BCUT2D eigenvalue weighted by atomic mass is 9.90. The Bertz CT molecular complexity index is 722. The molecule has 0 heterocycles. The summed E-state index contributed by atoms with van der Waals surface area (Å²) in [6.45, 7) is 3.64. The first-order valence-corrected chi connectivity index (χ1v) is 8.22. The van der Waals surface area contributed by atoms with Gasteiger partial charge in [-0.3, -0.25) is 9.59 Å². The number of nitrogens with zero attached hydrogens (tertiary/aromatic N) is 1. The third kappa shape index (κ3) is 4.83. The summed E-state index contributed by atoms with van der Waals surface area (Å²) in [5, 5.41) is 5.63. The van der Waals surface area contributed by atoms with E-state index in [0.717, 1.165) is 11.3 Å². The van der Waals surface area contributed by atoms with Crippen LogP contribution in [0.5, 0.6) is 0 Å². The van der Waals surface area contributed by atoms with E-state index in [1.165, 1.54) is 0 Å². The maximum absolute atomic E-state index is 12.5. The monoisotopic (exact) mass is 339 g/mol. The van der Waals surface area contributed by atoms with Crippen molar-refractivity contribution in [3.05, 3.63) is 60.2 Å². The lowest BCUT2D eigenvalue weighted by molar-refractivity contribution is -0.138. The van der Waals surface area contributed by atoms with Crippen LogP contribution in [-0.2, 0) is 16.1 Å². The van der Waals surface area contributed by atoms with Gasteiger partial charge in [0.05, 0.1) is 0 Å². The zero-order valence-corrected chi connectivity index (χ0v) is 15.2. The van der Waals surface area contributed by atoms with Gasteiger partial charge in [-0.1, -0.05) is 30.3 Å². The fourth-order valence-corrected chi connectivity index (χ4v) is 2.23. The number of amides is 2. The number of benzene rings is 2. The zero-order chi connectivity index (χ0) is 18.4. The Kier molecular flexibility index (Phi) is 5.80. The highest BCUT2D eigenvalue weighted by molar-refractivity contribution is 6.09. The van der Waals surface area contributed by atoms with Crippen LogP contribution in [0.2, 0.25) is 0 Å². The number of hydrogen-bond donors (Lipinski definition) is 2. The molecular weight excluding hydrogens is 314 g/mol. The smallest absolute Gasteiger partial charge is 0.239 e. The third-order valence-electron chi connectivity index (χ3n) is 4.07. The molecule has 0 aliphatic heterocycles. The molecule has 0 fully saturated rings. The van der Waals surface area contributed by atoms with Gasteiger partial charge in [0.1, 0.15) is 5.41 Å². The van der Waals surface area contributed by atoms with Crippen molar-refractivity contribution in [1.29, 1.82) is 0 Å². The molecule has 5 heteroatoms. The van der Waals surface area contributed by atoms with E-state index in [4.69, 9.17) is 0 Å². The number of nitrogens with one attached hydrogen (secondary N) is 2. The number of rotatable bonds is 6. The van der Waals surface area contributed by atoms with E-state index in [2.05, 4.69) is 10.6 Å². The van der Waals surface area contributed by atoms with Gasteiger partial charge in [0.25, 0.3) is 0 Å². The van der Waals surface area contributed by atoms with Crippen LogP contribution in [0.3, 0.4) is 0 Å². The number of carbonyl (C=O) groups is 2. The van der Waals surface area contributed by atoms with Crippen LogP contribution >= 0.6 is 0 Å². The van der Waals surface area contributed by atoms with E-state index in [9.17, 15) is 9.59 Å². The van der Waals surface area contributed by atoms with Crippen LogP contribution in [0.15, 0.2) is 54.6 Å². The predicted octanol–water partition coefficient (Wildman–Crippen LogP) is 3.03. The highest BCUT2D eigenvalue weighted by Crippen LogP contribution is 2.21. The summed E-state index contributed by atoms with van der Waals surface area (Å²) in [4.78, 5) is 26.9.